The van der Waals surface area contributed by atoms with E-state index < -0.39 is 15.9 Å². The van der Waals surface area contributed by atoms with Crippen molar-refractivity contribution >= 4 is 27.7 Å². The highest BCUT2D eigenvalue weighted by Gasteiger charge is 2.30. The molecule has 144 valence electrons. The van der Waals surface area contributed by atoms with E-state index in [1.807, 2.05) is 11.8 Å². The van der Waals surface area contributed by atoms with Crippen LogP contribution in [0.25, 0.3) is 0 Å². The third kappa shape index (κ3) is 4.70. The monoisotopic (exact) mass is 399 g/mol. The van der Waals surface area contributed by atoms with Crippen molar-refractivity contribution in [3.8, 4) is 5.75 Å². The first-order chi connectivity index (χ1) is 12.5. The van der Waals surface area contributed by atoms with Crippen molar-refractivity contribution in [2.24, 2.45) is 5.73 Å². The highest BCUT2D eigenvalue weighted by Crippen LogP contribution is 2.25. The second kappa shape index (κ2) is 8.60. The number of carbonyl (C=O) groups is 1. The Morgan fingerprint density at radius 2 is 1.96 bits per heavy atom. The van der Waals surface area contributed by atoms with Gasteiger partial charge in [0, 0.05) is 31.4 Å². The zero-order valence-corrected chi connectivity index (χ0v) is 16.3. The first kappa shape index (κ1) is 19.5. The van der Waals surface area contributed by atoms with Crippen LogP contribution in [0.2, 0.25) is 0 Å². The molecule has 1 aromatic carbocycles. The molecule has 7 nitrogen and oxygen atoms in total. The van der Waals surface area contributed by atoms with Crippen LogP contribution in [0.1, 0.15) is 12.8 Å². The minimum atomic E-state index is -3.53. The largest absolute Gasteiger partial charge is 0.484 e. The van der Waals surface area contributed by atoms with Crippen molar-refractivity contribution in [2.45, 2.75) is 23.8 Å². The lowest BCUT2D eigenvalue weighted by Gasteiger charge is -2.26. The van der Waals surface area contributed by atoms with Crippen molar-refractivity contribution in [2.75, 3.05) is 44.3 Å². The van der Waals surface area contributed by atoms with Crippen LogP contribution >= 0.6 is 11.8 Å². The van der Waals surface area contributed by atoms with Gasteiger partial charge in [0.15, 0.2) is 6.61 Å². The molecule has 2 saturated heterocycles. The molecule has 2 heterocycles. The van der Waals surface area contributed by atoms with Gasteiger partial charge >= 0.3 is 0 Å². The molecule has 26 heavy (non-hydrogen) atoms. The second-order valence-electron chi connectivity index (χ2n) is 6.54. The van der Waals surface area contributed by atoms with Gasteiger partial charge in [0.1, 0.15) is 5.75 Å². The minimum Gasteiger partial charge on any atom is -0.484 e. The molecule has 2 fully saturated rings. The molecule has 1 atom stereocenters. The maximum Gasteiger partial charge on any atom is 0.255 e. The molecule has 1 amide bonds. The number of ether oxygens (including phenoxy) is 1. The Morgan fingerprint density at radius 1 is 1.19 bits per heavy atom. The molecule has 0 aromatic heterocycles. The zero-order valence-electron chi connectivity index (χ0n) is 14.7. The number of carbonyl (C=O) groups excluding carboxylic acids is 1. The molecule has 0 bridgehead atoms. The molecule has 0 aliphatic carbocycles. The van der Waals surface area contributed by atoms with Crippen LogP contribution in [0.3, 0.4) is 0 Å². The molecule has 3 rings (SSSR count). The number of primary amides is 1. The molecule has 2 N–H and O–H groups in total. The number of amides is 1. The van der Waals surface area contributed by atoms with Crippen LogP contribution in [0.15, 0.2) is 29.2 Å². The summed E-state index contributed by atoms with van der Waals surface area (Å²) in [5.74, 6) is 2.20. The second-order valence-corrected chi connectivity index (χ2v) is 9.63. The van der Waals surface area contributed by atoms with Crippen molar-refractivity contribution < 1.29 is 17.9 Å². The fourth-order valence-electron chi connectivity index (χ4n) is 3.34. The number of sulfonamides is 1. The summed E-state index contributed by atoms with van der Waals surface area (Å²) in [5.41, 5.74) is 5.04. The predicted octanol–water partition coefficient (Wildman–Crippen LogP) is 0.753. The standard InChI is InChI=1S/C17H25N3O4S2/c18-17(21)12-24-15-2-4-16(5-3-15)26(22,23)20-8-1-7-19(9-10-20)14-6-11-25-13-14/h2-5,14H,1,6-13H2,(H2,18,21). The topological polar surface area (TPSA) is 92.9 Å². The summed E-state index contributed by atoms with van der Waals surface area (Å²) >= 11 is 1.98. The lowest BCUT2D eigenvalue weighted by Crippen LogP contribution is -2.39. The lowest BCUT2D eigenvalue weighted by molar-refractivity contribution is -0.119. The van der Waals surface area contributed by atoms with Gasteiger partial charge in [-0.2, -0.15) is 16.1 Å². The van der Waals surface area contributed by atoms with E-state index in [0.29, 0.717) is 24.9 Å². The van der Waals surface area contributed by atoms with Gasteiger partial charge in [0.05, 0.1) is 4.90 Å². The summed E-state index contributed by atoms with van der Waals surface area (Å²) in [6.45, 7) is 2.57. The molecule has 0 spiro atoms. The van der Waals surface area contributed by atoms with E-state index >= 15 is 0 Å². The number of rotatable bonds is 6. The van der Waals surface area contributed by atoms with Gasteiger partial charge in [-0.1, -0.05) is 0 Å². The van der Waals surface area contributed by atoms with Gasteiger partial charge in [-0.05, 0) is 49.4 Å². The summed E-state index contributed by atoms with van der Waals surface area (Å²) in [5, 5.41) is 0. The summed E-state index contributed by atoms with van der Waals surface area (Å²) in [6.07, 6.45) is 2.05. The maximum absolute atomic E-state index is 12.9. The van der Waals surface area contributed by atoms with E-state index in [4.69, 9.17) is 10.5 Å². The lowest BCUT2D eigenvalue weighted by atomic mass is 10.2. The molecule has 0 saturated carbocycles. The Kier molecular flexibility index (Phi) is 6.44. The fourth-order valence-corrected chi connectivity index (χ4v) is 6.07. The Hall–Kier alpha value is -1.29. The van der Waals surface area contributed by atoms with Crippen molar-refractivity contribution in [3.05, 3.63) is 24.3 Å². The summed E-state index contributed by atoms with van der Waals surface area (Å²) in [4.78, 5) is 13.4. The van der Waals surface area contributed by atoms with Gasteiger partial charge in [0.2, 0.25) is 10.0 Å². The quantitative estimate of drug-likeness (QED) is 0.759. The predicted molar refractivity (Wildman–Crippen MR) is 102 cm³/mol. The average molecular weight is 400 g/mol. The third-order valence-corrected chi connectivity index (χ3v) is 7.81. The van der Waals surface area contributed by atoms with Crippen LogP contribution in [-0.4, -0.2) is 73.9 Å². The Bertz CT molecular complexity index is 718. The Labute approximate surface area is 158 Å². The van der Waals surface area contributed by atoms with E-state index in [2.05, 4.69) is 4.90 Å². The van der Waals surface area contributed by atoms with Crippen LogP contribution < -0.4 is 10.5 Å². The molecule has 2 aliphatic heterocycles. The zero-order chi connectivity index (χ0) is 18.6. The van der Waals surface area contributed by atoms with Gasteiger partial charge in [-0.15, -0.1) is 0 Å². The van der Waals surface area contributed by atoms with Crippen molar-refractivity contribution in [1.82, 2.24) is 9.21 Å². The first-order valence-electron chi connectivity index (χ1n) is 8.80. The summed E-state index contributed by atoms with van der Waals surface area (Å²) in [7, 11) is -3.53. The summed E-state index contributed by atoms with van der Waals surface area (Å²) in [6, 6.07) is 6.72. The highest BCUT2D eigenvalue weighted by molar-refractivity contribution is 7.99. The molecular formula is C17H25N3O4S2. The van der Waals surface area contributed by atoms with Crippen LogP contribution in [-0.2, 0) is 14.8 Å². The minimum absolute atomic E-state index is 0.229. The van der Waals surface area contributed by atoms with E-state index in [1.54, 1.807) is 16.4 Å². The van der Waals surface area contributed by atoms with E-state index in [1.165, 1.54) is 24.3 Å². The van der Waals surface area contributed by atoms with Crippen LogP contribution in [0, 0.1) is 0 Å². The van der Waals surface area contributed by atoms with Crippen molar-refractivity contribution in [3.63, 3.8) is 0 Å². The van der Waals surface area contributed by atoms with Gasteiger partial charge in [-0.3, -0.25) is 9.69 Å². The maximum atomic E-state index is 12.9. The molecular weight excluding hydrogens is 374 g/mol. The number of hydrogen-bond donors (Lipinski definition) is 1. The SMILES string of the molecule is NC(=O)COc1ccc(S(=O)(=O)N2CCCN(C3CCSC3)CC2)cc1. The number of benzene rings is 1. The number of nitrogens with zero attached hydrogens (tertiary/aromatic N) is 2. The Balaban J connectivity index is 1.64. The Morgan fingerprint density at radius 3 is 2.62 bits per heavy atom. The molecule has 0 radical (unpaired) electrons. The average Bonchev–Trinajstić information content (AvgIpc) is 3.04. The van der Waals surface area contributed by atoms with E-state index in [-0.39, 0.29) is 11.5 Å². The number of nitrogens with two attached hydrogens (primary N) is 1. The molecule has 1 unspecified atom stereocenters. The van der Waals surface area contributed by atoms with Crippen molar-refractivity contribution in [1.29, 1.82) is 0 Å². The number of hydrogen-bond acceptors (Lipinski definition) is 6. The highest BCUT2D eigenvalue weighted by atomic mass is 32.2. The molecule has 9 heteroatoms. The first-order valence-corrected chi connectivity index (χ1v) is 11.4. The van der Waals surface area contributed by atoms with Crippen LogP contribution in [0.4, 0.5) is 0 Å². The molecule has 1 aromatic rings. The fraction of sp³-hybridized carbons (Fsp3) is 0.588. The van der Waals surface area contributed by atoms with Crippen LogP contribution in [0.5, 0.6) is 5.75 Å². The molecule has 2 aliphatic rings. The van der Waals surface area contributed by atoms with Gasteiger partial charge in [0.25, 0.3) is 5.91 Å². The smallest absolute Gasteiger partial charge is 0.255 e. The van der Waals surface area contributed by atoms with E-state index in [0.717, 1.165) is 25.3 Å². The summed E-state index contributed by atoms with van der Waals surface area (Å²) < 4.78 is 32.6. The normalized spacial score (nSPS) is 22.8. The van der Waals surface area contributed by atoms with Gasteiger partial charge in [-0.25, -0.2) is 8.42 Å². The van der Waals surface area contributed by atoms with E-state index in [9.17, 15) is 13.2 Å². The number of thioether (sulfide) groups is 1. The van der Waals surface area contributed by atoms with Gasteiger partial charge < -0.3 is 10.5 Å². The third-order valence-electron chi connectivity index (χ3n) is 4.75.